The van der Waals surface area contributed by atoms with E-state index in [0.717, 1.165) is 0 Å². The Kier molecular flexibility index (Phi) is 16.1. The average Bonchev–Trinajstić information content (AvgIpc) is 1.55. The molecule has 0 nitrogen and oxygen atoms in total. The Morgan fingerprint density at radius 3 is 0.738 bits per heavy atom. The van der Waals surface area contributed by atoms with Crippen LogP contribution >= 0.6 is 0 Å². The molecule has 23 rings (SSSR count). The maximum Gasteiger partial charge on any atom is 0.0165 e. The Balaban J connectivity index is 0.0000000890. The van der Waals surface area contributed by atoms with Crippen LogP contribution in [0.4, 0.5) is 0 Å². The quantitative estimate of drug-likeness (QED) is 0.105. The molecule has 0 spiro atoms. The summed E-state index contributed by atoms with van der Waals surface area (Å²) in [5.74, 6) is 0. The van der Waals surface area contributed by atoms with E-state index in [-0.39, 0.29) is 5.41 Å². The van der Waals surface area contributed by atoms with Crippen LogP contribution in [0.15, 0.2) is 400 Å². The van der Waals surface area contributed by atoms with Gasteiger partial charge < -0.3 is 0 Å². The number of benzene rings is 22. The van der Waals surface area contributed by atoms with Gasteiger partial charge >= 0.3 is 0 Å². The highest BCUT2D eigenvalue weighted by Gasteiger charge is 2.38. The number of fused-ring (bicyclic) bond motifs is 21. The van der Waals surface area contributed by atoms with Crippen molar-refractivity contribution < 1.29 is 0 Å². The third-order valence-corrected chi connectivity index (χ3v) is 21.3. The fourth-order valence-corrected chi connectivity index (χ4v) is 16.4. The van der Waals surface area contributed by atoms with Gasteiger partial charge in [-0.1, -0.05) is 378 Å². The van der Waals surface area contributed by atoms with Gasteiger partial charge in [0.25, 0.3) is 0 Å². The van der Waals surface area contributed by atoms with Gasteiger partial charge in [-0.2, -0.15) is 0 Å². The van der Waals surface area contributed by atoms with Gasteiger partial charge in [-0.3, -0.25) is 0 Å². The molecule has 103 heavy (non-hydrogen) atoms. The standard InChI is InChI=1S/C23H18.2C18H12.C16H10.2C14H10/c1-23(2)20-14-8-7-13-19(20)21-17-11-5-3-9-15(17)16-10-4-6-12-18(16)22(21)23;1-3-7-15-13(5-1)9-11-18-16-8-4-2-6-14(16)10-12-17(15)18;1-2-6-14-10-18-12-16-8-4-3-7-15(16)11-17(18)9-13(14)5-1;1-3-11-7-9-13-5-2-6-14-10-8-12(4-1)15(11)16(13)14;1-3-7-13-11(5-1)9-10-12-6-2-4-8-14(12)13;1-2-6-12-10-14-8-4-3-7-13(14)9-11(12)5-1/h3-14H,1-2H3;2*1-12H;1-10H;2*1-10H. The molecule has 0 unspecified atom stereocenters. The van der Waals surface area contributed by atoms with Crippen molar-refractivity contribution in [2.24, 2.45) is 0 Å². The van der Waals surface area contributed by atoms with Crippen LogP contribution in [0.2, 0.25) is 0 Å². The number of hydrogen-bond acceptors (Lipinski definition) is 0. The molecule has 0 heteroatoms. The molecular weight excluding hydrogens is 1240 g/mol. The van der Waals surface area contributed by atoms with Crippen LogP contribution in [0.1, 0.15) is 25.0 Å². The molecule has 0 amide bonds. The van der Waals surface area contributed by atoms with Crippen molar-refractivity contribution >= 4 is 162 Å². The molecule has 0 aliphatic heterocycles. The molecule has 0 heterocycles. The highest BCUT2D eigenvalue weighted by molar-refractivity contribution is 6.23. The Morgan fingerprint density at radius 2 is 0.379 bits per heavy atom. The lowest BCUT2D eigenvalue weighted by Crippen LogP contribution is -2.15. The SMILES string of the molecule is CC1(C)c2ccccc2-c2c1c1ccccc1c1ccccc21.c1cc2ccc3cccc4ccc(c1)c2c34.c1ccc2c(c1)ccc1c3ccccc3ccc21.c1ccc2c(c1)ccc1ccccc12.c1ccc2cc3cc4ccccc4cc3cc2c1.c1ccc2cc3ccccc3cc2c1. The van der Waals surface area contributed by atoms with Crippen molar-refractivity contribution in [3.63, 3.8) is 0 Å². The molecule has 0 N–H and O–H groups in total. The lowest BCUT2D eigenvalue weighted by Gasteiger charge is -2.24. The first kappa shape index (κ1) is 62.3. The van der Waals surface area contributed by atoms with Crippen molar-refractivity contribution in [2.45, 2.75) is 19.3 Å². The Bertz CT molecular complexity index is 6430. The van der Waals surface area contributed by atoms with Crippen LogP contribution in [0, 0.1) is 0 Å². The van der Waals surface area contributed by atoms with Gasteiger partial charge in [0.15, 0.2) is 0 Å². The minimum atomic E-state index is 0.0373. The zero-order chi connectivity index (χ0) is 68.8. The van der Waals surface area contributed by atoms with E-state index in [1.165, 1.54) is 184 Å². The van der Waals surface area contributed by atoms with Gasteiger partial charge in [0.05, 0.1) is 0 Å². The monoisotopic (exact) mass is 1310 g/mol. The third kappa shape index (κ3) is 11.6. The van der Waals surface area contributed by atoms with E-state index in [1.807, 2.05) is 0 Å². The smallest absolute Gasteiger partial charge is 0.0165 e. The van der Waals surface area contributed by atoms with Gasteiger partial charge in [-0.25, -0.2) is 0 Å². The average molecular weight is 1310 g/mol. The van der Waals surface area contributed by atoms with E-state index in [1.54, 1.807) is 0 Å². The minimum absolute atomic E-state index is 0.0373. The largest absolute Gasteiger partial charge is 0.0619 e. The van der Waals surface area contributed by atoms with Gasteiger partial charge in [-0.15, -0.1) is 0 Å². The van der Waals surface area contributed by atoms with Gasteiger partial charge in [-0.05, 0) is 220 Å². The Labute approximate surface area is 599 Å². The molecule has 0 aromatic heterocycles. The second-order valence-electron chi connectivity index (χ2n) is 27.8. The third-order valence-electron chi connectivity index (χ3n) is 21.3. The summed E-state index contributed by atoms with van der Waals surface area (Å²) in [6.45, 7) is 4.72. The first-order chi connectivity index (χ1) is 50.8. The summed E-state index contributed by atoms with van der Waals surface area (Å²) >= 11 is 0. The molecule has 0 atom stereocenters. The predicted octanol–water partition coefficient (Wildman–Crippen LogP) is 29.2. The number of rotatable bonds is 0. The minimum Gasteiger partial charge on any atom is -0.0619 e. The van der Waals surface area contributed by atoms with Crippen LogP contribution < -0.4 is 0 Å². The topological polar surface area (TPSA) is 0 Å². The Morgan fingerprint density at radius 1 is 0.155 bits per heavy atom. The molecule has 0 bridgehead atoms. The summed E-state index contributed by atoms with van der Waals surface area (Å²) in [4.78, 5) is 0. The predicted molar refractivity (Wildman–Crippen MR) is 450 cm³/mol. The van der Waals surface area contributed by atoms with E-state index in [9.17, 15) is 0 Å². The second kappa shape index (κ2) is 26.6. The maximum absolute atomic E-state index is 2.36. The van der Waals surface area contributed by atoms with Gasteiger partial charge in [0.1, 0.15) is 0 Å². The summed E-state index contributed by atoms with van der Waals surface area (Å²) < 4.78 is 0. The molecule has 1 aliphatic rings. The van der Waals surface area contributed by atoms with E-state index in [2.05, 4.69) is 414 Å². The summed E-state index contributed by atoms with van der Waals surface area (Å²) in [6.07, 6.45) is 0. The summed E-state index contributed by atoms with van der Waals surface area (Å²) in [6, 6.07) is 143. The van der Waals surface area contributed by atoms with Crippen molar-refractivity contribution in [1.29, 1.82) is 0 Å². The number of hydrogen-bond donors (Lipinski definition) is 0. The van der Waals surface area contributed by atoms with Crippen LogP contribution in [0.3, 0.4) is 0 Å². The summed E-state index contributed by atoms with van der Waals surface area (Å²) in [5.41, 5.74) is 5.79. The van der Waals surface area contributed by atoms with E-state index in [0.29, 0.717) is 0 Å². The van der Waals surface area contributed by atoms with Crippen LogP contribution in [-0.4, -0.2) is 0 Å². The van der Waals surface area contributed by atoms with E-state index >= 15 is 0 Å². The van der Waals surface area contributed by atoms with E-state index < -0.39 is 0 Å². The molecule has 22 aromatic carbocycles. The molecule has 0 fully saturated rings. The lowest BCUT2D eigenvalue weighted by molar-refractivity contribution is 0.666. The molecule has 1 aliphatic carbocycles. The highest BCUT2D eigenvalue weighted by Crippen LogP contribution is 2.54. The zero-order valence-electron chi connectivity index (χ0n) is 57.6. The highest BCUT2D eigenvalue weighted by atomic mass is 14.4. The normalized spacial score (nSPS) is 12.1. The first-order valence-electron chi connectivity index (χ1n) is 35.9. The fourth-order valence-electron chi connectivity index (χ4n) is 16.4. The van der Waals surface area contributed by atoms with Crippen molar-refractivity contribution in [1.82, 2.24) is 0 Å². The van der Waals surface area contributed by atoms with Gasteiger partial charge in [0, 0.05) is 5.41 Å². The van der Waals surface area contributed by atoms with Crippen molar-refractivity contribution in [2.75, 3.05) is 0 Å². The lowest BCUT2D eigenvalue weighted by atomic mass is 9.79. The maximum atomic E-state index is 2.36. The fraction of sp³-hybridized carbons (Fsp3) is 0.0291. The molecule has 484 valence electrons. The zero-order valence-corrected chi connectivity index (χ0v) is 57.6. The molecule has 22 aromatic rings. The van der Waals surface area contributed by atoms with Crippen molar-refractivity contribution in [3.8, 4) is 11.1 Å². The van der Waals surface area contributed by atoms with Gasteiger partial charge in [0.2, 0.25) is 0 Å². The first-order valence-corrected chi connectivity index (χ1v) is 35.9. The molecule has 0 radical (unpaired) electrons. The van der Waals surface area contributed by atoms with Crippen molar-refractivity contribution in [3.05, 3.63) is 412 Å². The molecule has 0 saturated carbocycles. The van der Waals surface area contributed by atoms with E-state index in [4.69, 9.17) is 0 Å². The van der Waals surface area contributed by atoms with Crippen LogP contribution in [0.25, 0.3) is 173 Å². The van der Waals surface area contributed by atoms with Crippen LogP contribution in [0.5, 0.6) is 0 Å². The second-order valence-corrected chi connectivity index (χ2v) is 27.8. The summed E-state index contributed by atoms with van der Waals surface area (Å²) in [5, 5.41) is 40.0. The Hall–Kier alpha value is -13.0. The summed E-state index contributed by atoms with van der Waals surface area (Å²) in [7, 11) is 0. The van der Waals surface area contributed by atoms with Crippen LogP contribution in [-0.2, 0) is 5.41 Å². The molecular formula is C103H72. The molecule has 0 saturated heterocycles.